The number of carbonyl (C=O) groups is 1. The fourth-order valence-electron chi connectivity index (χ4n) is 2.54. The maximum Gasteiger partial charge on any atom is 0.416 e. The molecule has 2 N–H and O–H groups in total. The normalized spacial score (nSPS) is 22.3. The maximum atomic E-state index is 12.8. The van der Waals surface area contributed by atoms with Gasteiger partial charge in [0.05, 0.1) is 11.1 Å². The highest BCUT2D eigenvalue weighted by molar-refractivity contribution is 9.10. The van der Waals surface area contributed by atoms with Gasteiger partial charge in [0.25, 0.3) is 0 Å². The Kier molecular flexibility index (Phi) is 4.63. The Hall–Kier alpha value is -1.08. The summed E-state index contributed by atoms with van der Waals surface area (Å²) in [4.78, 5) is 12.4. The number of hydrogen-bond acceptors (Lipinski definition) is 2. The molecule has 1 saturated heterocycles. The molecule has 1 unspecified atom stereocenters. The van der Waals surface area contributed by atoms with Gasteiger partial charge in [0.1, 0.15) is 0 Å². The van der Waals surface area contributed by atoms with Gasteiger partial charge in [-0.25, -0.2) is 0 Å². The second kappa shape index (κ2) is 5.96. The fourth-order valence-corrected chi connectivity index (χ4v) is 3.03. The number of benzene rings is 1. The summed E-state index contributed by atoms with van der Waals surface area (Å²) >= 11 is 3.04. The van der Waals surface area contributed by atoms with Crippen LogP contribution in [0.1, 0.15) is 31.7 Å². The number of rotatable bonds is 3. The van der Waals surface area contributed by atoms with Crippen LogP contribution < -0.4 is 10.6 Å². The van der Waals surface area contributed by atoms with Gasteiger partial charge in [0, 0.05) is 10.2 Å². The summed E-state index contributed by atoms with van der Waals surface area (Å²) in [6, 6.07) is 3.39. The molecular formula is C14H16BrF3N2O. The molecule has 1 fully saturated rings. The van der Waals surface area contributed by atoms with Crippen molar-refractivity contribution in [2.45, 2.75) is 37.9 Å². The van der Waals surface area contributed by atoms with E-state index in [4.69, 9.17) is 0 Å². The zero-order chi connectivity index (χ0) is 15.7. The number of hydrogen-bond donors (Lipinski definition) is 2. The molecule has 1 aliphatic rings. The smallest absolute Gasteiger partial charge is 0.324 e. The highest BCUT2D eigenvalue weighted by Crippen LogP contribution is 2.34. The van der Waals surface area contributed by atoms with Crippen molar-refractivity contribution in [3.8, 4) is 0 Å². The standard InChI is InChI=1S/C14H16BrF3N2O/c1-2-13(4-3-5-19-13)12(21)20-11-7-9(14(16,17)18)6-10(15)8-11/h6-8,19H,2-5H2,1H3,(H,20,21). The number of halogens is 4. The number of anilines is 1. The third kappa shape index (κ3) is 3.58. The predicted octanol–water partition coefficient (Wildman–Crippen LogP) is 3.94. The minimum Gasteiger partial charge on any atom is -0.324 e. The summed E-state index contributed by atoms with van der Waals surface area (Å²) < 4.78 is 38.6. The molecule has 2 rings (SSSR count). The van der Waals surface area contributed by atoms with E-state index in [2.05, 4.69) is 26.6 Å². The Morgan fingerprint density at radius 1 is 1.43 bits per heavy atom. The van der Waals surface area contributed by atoms with E-state index in [9.17, 15) is 18.0 Å². The van der Waals surface area contributed by atoms with Crippen LogP contribution in [0.3, 0.4) is 0 Å². The van der Waals surface area contributed by atoms with E-state index in [1.165, 1.54) is 6.07 Å². The van der Waals surface area contributed by atoms with Crippen LogP contribution in [0.5, 0.6) is 0 Å². The highest BCUT2D eigenvalue weighted by Gasteiger charge is 2.39. The van der Waals surface area contributed by atoms with E-state index in [1.807, 2.05) is 6.92 Å². The maximum absolute atomic E-state index is 12.8. The molecule has 116 valence electrons. The van der Waals surface area contributed by atoms with Crippen LogP contribution in [0.25, 0.3) is 0 Å². The molecule has 1 aromatic rings. The Balaban J connectivity index is 2.23. The van der Waals surface area contributed by atoms with Crippen LogP contribution in [0, 0.1) is 0 Å². The van der Waals surface area contributed by atoms with E-state index in [0.717, 1.165) is 25.1 Å². The Morgan fingerprint density at radius 3 is 2.67 bits per heavy atom. The zero-order valence-corrected chi connectivity index (χ0v) is 13.1. The third-order valence-electron chi connectivity index (χ3n) is 3.76. The average Bonchev–Trinajstić information content (AvgIpc) is 2.87. The molecule has 0 spiro atoms. The molecule has 7 heteroatoms. The van der Waals surface area contributed by atoms with Gasteiger partial charge in [0.2, 0.25) is 5.91 Å². The SMILES string of the molecule is CCC1(C(=O)Nc2cc(Br)cc(C(F)(F)F)c2)CCCN1. The minimum absolute atomic E-state index is 0.142. The van der Waals surface area contributed by atoms with Gasteiger partial charge in [-0.3, -0.25) is 4.79 Å². The molecule has 1 heterocycles. The van der Waals surface area contributed by atoms with Crippen LogP contribution in [0.2, 0.25) is 0 Å². The summed E-state index contributed by atoms with van der Waals surface area (Å²) in [5, 5.41) is 5.75. The molecular weight excluding hydrogens is 349 g/mol. The Labute approximate surface area is 129 Å². The third-order valence-corrected chi connectivity index (χ3v) is 4.22. The Morgan fingerprint density at radius 2 is 2.14 bits per heavy atom. The van der Waals surface area contributed by atoms with Crippen LogP contribution in [0.15, 0.2) is 22.7 Å². The molecule has 1 amide bonds. The lowest BCUT2D eigenvalue weighted by Crippen LogP contribution is -2.50. The van der Waals surface area contributed by atoms with Gasteiger partial charge in [-0.15, -0.1) is 0 Å². The zero-order valence-electron chi connectivity index (χ0n) is 11.5. The van der Waals surface area contributed by atoms with Crippen molar-refractivity contribution in [1.29, 1.82) is 0 Å². The van der Waals surface area contributed by atoms with Crippen molar-refractivity contribution in [3.63, 3.8) is 0 Å². The van der Waals surface area contributed by atoms with Crippen LogP contribution in [0.4, 0.5) is 18.9 Å². The lowest BCUT2D eigenvalue weighted by molar-refractivity contribution is -0.137. The summed E-state index contributed by atoms with van der Waals surface area (Å²) in [6.07, 6.45) is -2.28. The van der Waals surface area contributed by atoms with Crippen LogP contribution in [-0.4, -0.2) is 18.0 Å². The second-order valence-electron chi connectivity index (χ2n) is 5.15. The lowest BCUT2D eigenvalue weighted by Gasteiger charge is -2.26. The molecule has 0 saturated carbocycles. The van der Waals surface area contributed by atoms with E-state index < -0.39 is 17.3 Å². The average molecular weight is 365 g/mol. The van der Waals surface area contributed by atoms with Gasteiger partial charge in [0.15, 0.2) is 0 Å². The van der Waals surface area contributed by atoms with Gasteiger partial charge >= 0.3 is 6.18 Å². The largest absolute Gasteiger partial charge is 0.416 e. The first-order valence-corrected chi connectivity index (χ1v) is 7.50. The number of amides is 1. The number of nitrogens with one attached hydrogen (secondary N) is 2. The number of alkyl halides is 3. The van der Waals surface area contributed by atoms with Crippen molar-refractivity contribution in [2.75, 3.05) is 11.9 Å². The molecule has 0 radical (unpaired) electrons. The van der Waals surface area contributed by atoms with E-state index >= 15 is 0 Å². The molecule has 1 aliphatic heterocycles. The monoisotopic (exact) mass is 364 g/mol. The first-order valence-electron chi connectivity index (χ1n) is 6.71. The van der Waals surface area contributed by atoms with Gasteiger partial charge in [-0.2, -0.15) is 13.2 Å². The molecule has 1 aromatic carbocycles. The highest BCUT2D eigenvalue weighted by atomic mass is 79.9. The molecule has 21 heavy (non-hydrogen) atoms. The summed E-state index contributed by atoms with van der Waals surface area (Å²) in [5.74, 6) is -0.284. The molecule has 0 bridgehead atoms. The summed E-state index contributed by atoms with van der Waals surface area (Å²) in [5.41, 5.74) is -1.33. The molecule has 0 aromatic heterocycles. The molecule has 1 atom stereocenters. The predicted molar refractivity (Wildman–Crippen MR) is 78.0 cm³/mol. The summed E-state index contributed by atoms with van der Waals surface area (Å²) in [6.45, 7) is 2.63. The van der Waals surface area contributed by atoms with Gasteiger partial charge in [-0.05, 0) is 44.0 Å². The second-order valence-corrected chi connectivity index (χ2v) is 6.06. The lowest BCUT2D eigenvalue weighted by atomic mass is 9.93. The summed E-state index contributed by atoms with van der Waals surface area (Å²) in [7, 11) is 0. The van der Waals surface area contributed by atoms with Crippen molar-refractivity contribution >= 4 is 27.5 Å². The number of carbonyl (C=O) groups excluding carboxylic acids is 1. The van der Waals surface area contributed by atoms with E-state index in [1.54, 1.807) is 0 Å². The van der Waals surface area contributed by atoms with E-state index in [0.29, 0.717) is 12.8 Å². The Bertz CT molecular complexity index is 540. The molecule has 3 nitrogen and oxygen atoms in total. The minimum atomic E-state index is -4.45. The van der Waals surface area contributed by atoms with Crippen LogP contribution in [-0.2, 0) is 11.0 Å². The van der Waals surface area contributed by atoms with Crippen LogP contribution >= 0.6 is 15.9 Å². The van der Waals surface area contributed by atoms with Gasteiger partial charge < -0.3 is 10.6 Å². The van der Waals surface area contributed by atoms with Crippen molar-refractivity contribution < 1.29 is 18.0 Å². The van der Waals surface area contributed by atoms with Crippen molar-refractivity contribution in [2.24, 2.45) is 0 Å². The first-order chi connectivity index (χ1) is 9.77. The van der Waals surface area contributed by atoms with E-state index in [-0.39, 0.29) is 16.1 Å². The van der Waals surface area contributed by atoms with Crippen molar-refractivity contribution in [3.05, 3.63) is 28.2 Å². The topological polar surface area (TPSA) is 41.1 Å². The fraction of sp³-hybridized carbons (Fsp3) is 0.500. The van der Waals surface area contributed by atoms with Crippen molar-refractivity contribution in [1.82, 2.24) is 5.32 Å². The molecule has 0 aliphatic carbocycles. The van der Waals surface area contributed by atoms with Gasteiger partial charge in [-0.1, -0.05) is 22.9 Å². The first kappa shape index (κ1) is 16.3. The quantitative estimate of drug-likeness (QED) is 0.852.